The highest BCUT2D eigenvalue weighted by atomic mass is 32.2. The van der Waals surface area contributed by atoms with Gasteiger partial charge in [0.2, 0.25) is 5.91 Å². The number of rotatable bonds is 7. The SMILES string of the molecule is CCC(=O)N1N=C(c2ccccc2NS(=O)(=O)c2ccccc2)CC1/C=C/c1ccccc1. The zero-order chi connectivity index (χ0) is 23.3. The molecule has 0 radical (unpaired) electrons. The number of anilines is 1. The van der Waals surface area contributed by atoms with Gasteiger partial charge in [-0.25, -0.2) is 13.4 Å². The minimum atomic E-state index is -3.76. The first-order valence-corrected chi connectivity index (χ1v) is 12.3. The Balaban J connectivity index is 1.63. The van der Waals surface area contributed by atoms with Gasteiger partial charge in [-0.2, -0.15) is 5.10 Å². The van der Waals surface area contributed by atoms with Crippen molar-refractivity contribution in [3.05, 3.63) is 102 Å². The first-order valence-electron chi connectivity index (χ1n) is 10.8. The summed E-state index contributed by atoms with van der Waals surface area (Å²) in [6.45, 7) is 1.80. The molecule has 0 saturated heterocycles. The summed E-state index contributed by atoms with van der Waals surface area (Å²) < 4.78 is 28.4. The molecule has 7 heteroatoms. The largest absolute Gasteiger partial charge is 0.279 e. The number of para-hydroxylation sites is 1. The molecular weight excluding hydrogens is 434 g/mol. The molecule has 1 atom stereocenters. The summed E-state index contributed by atoms with van der Waals surface area (Å²) >= 11 is 0. The van der Waals surface area contributed by atoms with E-state index in [0.717, 1.165) is 5.56 Å². The summed E-state index contributed by atoms with van der Waals surface area (Å²) in [5.74, 6) is -0.0879. The van der Waals surface area contributed by atoms with Crippen LogP contribution in [0.15, 0.2) is 101 Å². The van der Waals surface area contributed by atoms with Crippen molar-refractivity contribution in [3.8, 4) is 0 Å². The van der Waals surface area contributed by atoms with Gasteiger partial charge in [-0.15, -0.1) is 0 Å². The molecule has 1 amide bonds. The first kappa shape index (κ1) is 22.5. The van der Waals surface area contributed by atoms with Crippen molar-refractivity contribution in [1.29, 1.82) is 0 Å². The number of hydrogen-bond acceptors (Lipinski definition) is 4. The summed E-state index contributed by atoms with van der Waals surface area (Å²) in [7, 11) is -3.76. The standard InChI is InChI=1S/C26H25N3O3S/c1-2-26(30)29-21(18-17-20-11-5-3-6-12-20)19-25(27-29)23-15-9-10-16-24(23)28-33(31,32)22-13-7-4-8-14-22/h3-18,21,28H,2,19H2,1H3/b18-17+. The second kappa shape index (κ2) is 9.83. The number of nitrogens with zero attached hydrogens (tertiary/aromatic N) is 2. The van der Waals surface area contributed by atoms with Crippen LogP contribution in [0.4, 0.5) is 5.69 Å². The number of hydrazone groups is 1. The van der Waals surface area contributed by atoms with Crippen LogP contribution in [0, 0.1) is 0 Å². The fraction of sp³-hybridized carbons (Fsp3) is 0.154. The van der Waals surface area contributed by atoms with E-state index in [0.29, 0.717) is 29.8 Å². The molecule has 1 aliphatic heterocycles. The van der Waals surface area contributed by atoms with Crippen LogP contribution in [0.25, 0.3) is 6.08 Å². The molecule has 0 bridgehead atoms. The number of sulfonamides is 1. The van der Waals surface area contributed by atoms with E-state index in [1.165, 1.54) is 5.01 Å². The molecule has 0 fully saturated rings. The molecular formula is C26H25N3O3S. The normalized spacial score (nSPS) is 16.1. The number of hydrogen-bond donors (Lipinski definition) is 1. The molecule has 1 aliphatic rings. The Morgan fingerprint density at radius 2 is 1.64 bits per heavy atom. The summed E-state index contributed by atoms with van der Waals surface area (Å²) in [4.78, 5) is 12.8. The number of benzene rings is 3. The third-order valence-corrected chi connectivity index (χ3v) is 6.73. The number of carbonyl (C=O) groups is 1. The highest BCUT2D eigenvalue weighted by Crippen LogP contribution is 2.28. The van der Waals surface area contributed by atoms with E-state index >= 15 is 0 Å². The van der Waals surface area contributed by atoms with Crippen LogP contribution >= 0.6 is 0 Å². The minimum Gasteiger partial charge on any atom is -0.279 e. The van der Waals surface area contributed by atoms with Crippen LogP contribution in [0.2, 0.25) is 0 Å². The molecule has 1 N–H and O–H groups in total. The van der Waals surface area contributed by atoms with Crippen molar-refractivity contribution >= 4 is 33.4 Å². The monoisotopic (exact) mass is 459 g/mol. The maximum atomic E-state index is 12.9. The Bertz CT molecular complexity index is 1290. The third kappa shape index (κ3) is 5.21. The second-order valence-corrected chi connectivity index (χ2v) is 9.33. The maximum Gasteiger partial charge on any atom is 0.261 e. The fourth-order valence-corrected chi connectivity index (χ4v) is 4.76. The van der Waals surface area contributed by atoms with Crippen molar-refractivity contribution < 1.29 is 13.2 Å². The number of carbonyl (C=O) groups excluding carboxylic acids is 1. The molecule has 6 nitrogen and oxygen atoms in total. The Kier molecular flexibility index (Phi) is 6.70. The van der Waals surface area contributed by atoms with Crippen molar-refractivity contribution in [2.24, 2.45) is 5.10 Å². The molecule has 1 heterocycles. The van der Waals surface area contributed by atoms with E-state index in [1.807, 2.05) is 54.6 Å². The highest BCUT2D eigenvalue weighted by Gasteiger charge is 2.30. The van der Waals surface area contributed by atoms with Gasteiger partial charge < -0.3 is 0 Å². The van der Waals surface area contributed by atoms with E-state index in [1.54, 1.807) is 49.4 Å². The van der Waals surface area contributed by atoms with E-state index in [2.05, 4.69) is 9.82 Å². The topological polar surface area (TPSA) is 78.8 Å². The average molecular weight is 460 g/mol. The highest BCUT2D eigenvalue weighted by molar-refractivity contribution is 7.92. The Labute approximate surface area is 194 Å². The van der Waals surface area contributed by atoms with Gasteiger partial charge in [0.25, 0.3) is 10.0 Å². The maximum absolute atomic E-state index is 12.9. The lowest BCUT2D eigenvalue weighted by Crippen LogP contribution is -2.30. The summed E-state index contributed by atoms with van der Waals surface area (Å²) in [5.41, 5.74) is 2.77. The summed E-state index contributed by atoms with van der Waals surface area (Å²) in [6.07, 6.45) is 4.76. The molecule has 0 aliphatic carbocycles. The quantitative estimate of drug-likeness (QED) is 0.545. The molecule has 0 spiro atoms. The van der Waals surface area contributed by atoms with Crippen LogP contribution in [0.5, 0.6) is 0 Å². The second-order valence-electron chi connectivity index (χ2n) is 7.64. The van der Waals surface area contributed by atoms with Crippen LogP contribution in [0.1, 0.15) is 30.9 Å². The van der Waals surface area contributed by atoms with Gasteiger partial charge in [0.15, 0.2) is 0 Å². The lowest BCUT2D eigenvalue weighted by Gasteiger charge is -2.17. The van der Waals surface area contributed by atoms with Crippen LogP contribution in [0.3, 0.4) is 0 Å². The summed E-state index contributed by atoms with van der Waals surface area (Å²) in [6, 6.07) is 25.0. The van der Waals surface area contributed by atoms with E-state index < -0.39 is 10.0 Å². The van der Waals surface area contributed by atoms with Gasteiger partial charge in [-0.3, -0.25) is 9.52 Å². The Morgan fingerprint density at radius 3 is 2.33 bits per heavy atom. The molecule has 3 aromatic rings. The van der Waals surface area contributed by atoms with Crippen molar-refractivity contribution in [2.75, 3.05) is 4.72 Å². The minimum absolute atomic E-state index is 0.0879. The van der Waals surface area contributed by atoms with Crippen molar-refractivity contribution in [2.45, 2.75) is 30.7 Å². The molecule has 3 aromatic carbocycles. The predicted octanol–water partition coefficient (Wildman–Crippen LogP) is 4.92. The van der Waals surface area contributed by atoms with E-state index in [-0.39, 0.29) is 16.8 Å². The predicted molar refractivity (Wildman–Crippen MR) is 131 cm³/mol. The molecule has 0 saturated carbocycles. The third-order valence-electron chi connectivity index (χ3n) is 5.35. The smallest absolute Gasteiger partial charge is 0.261 e. The van der Waals surface area contributed by atoms with Crippen LogP contribution in [-0.2, 0) is 14.8 Å². The van der Waals surface area contributed by atoms with E-state index in [4.69, 9.17) is 0 Å². The van der Waals surface area contributed by atoms with Gasteiger partial charge in [-0.05, 0) is 23.8 Å². The van der Waals surface area contributed by atoms with E-state index in [9.17, 15) is 13.2 Å². The van der Waals surface area contributed by atoms with Crippen molar-refractivity contribution in [3.63, 3.8) is 0 Å². The van der Waals surface area contributed by atoms with Crippen LogP contribution in [-0.4, -0.2) is 31.1 Å². The Hall–Kier alpha value is -3.71. The van der Waals surface area contributed by atoms with Gasteiger partial charge in [0.05, 0.1) is 22.3 Å². The number of nitrogens with one attached hydrogen (secondary N) is 1. The Morgan fingerprint density at radius 1 is 1.00 bits per heavy atom. The average Bonchev–Trinajstić information content (AvgIpc) is 3.27. The number of amides is 1. The van der Waals surface area contributed by atoms with Crippen LogP contribution < -0.4 is 4.72 Å². The first-order chi connectivity index (χ1) is 16.0. The van der Waals surface area contributed by atoms with Gasteiger partial charge in [-0.1, -0.05) is 85.8 Å². The lowest BCUT2D eigenvalue weighted by molar-refractivity contribution is -0.131. The van der Waals surface area contributed by atoms with Crippen molar-refractivity contribution in [1.82, 2.24) is 5.01 Å². The zero-order valence-corrected chi connectivity index (χ0v) is 19.1. The molecule has 4 rings (SSSR count). The lowest BCUT2D eigenvalue weighted by atomic mass is 10.0. The van der Waals surface area contributed by atoms with Gasteiger partial charge in [0, 0.05) is 18.4 Å². The fourth-order valence-electron chi connectivity index (χ4n) is 3.66. The van der Waals surface area contributed by atoms with Gasteiger partial charge in [0.1, 0.15) is 0 Å². The molecule has 33 heavy (non-hydrogen) atoms. The molecule has 1 unspecified atom stereocenters. The molecule has 0 aromatic heterocycles. The van der Waals surface area contributed by atoms with Gasteiger partial charge >= 0.3 is 0 Å². The summed E-state index contributed by atoms with van der Waals surface area (Å²) in [5, 5.41) is 6.10. The molecule has 168 valence electrons. The zero-order valence-electron chi connectivity index (χ0n) is 18.3.